The van der Waals surface area contributed by atoms with Gasteiger partial charge in [-0.1, -0.05) is 49.8 Å². The summed E-state index contributed by atoms with van der Waals surface area (Å²) in [6.45, 7) is 5.39. The summed E-state index contributed by atoms with van der Waals surface area (Å²) in [5.41, 5.74) is 2.33. The van der Waals surface area contributed by atoms with Crippen molar-refractivity contribution in [2.75, 3.05) is 33.0 Å². The third-order valence-electron chi connectivity index (χ3n) is 8.28. The maximum atomic E-state index is 12.7. The van der Waals surface area contributed by atoms with Gasteiger partial charge in [0.1, 0.15) is 30.5 Å². The van der Waals surface area contributed by atoms with Crippen molar-refractivity contribution in [3.8, 4) is 28.4 Å². The van der Waals surface area contributed by atoms with Gasteiger partial charge in [-0.25, -0.2) is 9.59 Å². The number of ether oxygens (including phenoxy) is 6. The Hall–Kier alpha value is -4.63. The fourth-order valence-corrected chi connectivity index (χ4v) is 5.66. The van der Waals surface area contributed by atoms with Crippen LogP contribution < -0.4 is 14.2 Å². The first-order valence-corrected chi connectivity index (χ1v) is 16.3. The maximum absolute atomic E-state index is 12.7. The summed E-state index contributed by atoms with van der Waals surface area (Å²) < 4.78 is 33.0. The van der Waals surface area contributed by atoms with E-state index < -0.39 is 18.0 Å². The third-order valence-corrected chi connectivity index (χ3v) is 8.28. The zero-order valence-corrected chi connectivity index (χ0v) is 26.9. The first-order chi connectivity index (χ1) is 22.9. The Morgan fingerprint density at radius 1 is 0.723 bits per heavy atom. The molecule has 3 unspecified atom stereocenters. The highest BCUT2D eigenvalue weighted by Gasteiger charge is 2.40. The van der Waals surface area contributed by atoms with Crippen molar-refractivity contribution >= 4 is 17.9 Å². The maximum Gasteiger partial charge on any atom is 0.347 e. The van der Waals surface area contributed by atoms with E-state index in [0.29, 0.717) is 61.1 Å². The molecular weight excluding hydrogens is 600 g/mol. The third kappa shape index (κ3) is 9.68. The second-order valence-electron chi connectivity index (χ2n) is 11.8. The van der Waals surface area contributed by atoms with Gasteiger partial charge in [-0.05, 0) is 97.7 Å². The van der Waals surface area contributed by atoms with Crippen molar-refractivity contribution in [3.05, 3.63) is 90.5 Å². The normalized spacial score (nSPS) is 18.4. The summed E-state index contributed by atoms with van der Waals surface area (Å²) in [5.74, 6) is 1.42. The van der Waals surface area contributed by atoms with Crippen LogP contribution in [-0.2, 0) is 23.8 Å². The van der Waals surface area contributed by atoms with E-state index in [4.69, 9.17) is 28.4 Å². The summed E-state index contributed by atoms with van der Waals surface area (Å²) in [5, 5.41) is 0. The van der Waals surface area contributed by atoms with Crippen molar-refractivity contribution in [2.45, 2.75) is 45.6 Å². The van der Waals surface area contributed by atoms with Crippen LogP contribution in [0.2, 0.25) is 0 Å². The summed E-state index contributed by atoms with van der Waals surface area (Å²) in [7, 11) is 0. The second-order valence-corrected chi connectivity index (χ2v) is 11.8. The highest BCUT2D eigenvalue weighted by molar-refractivity contribution is 5.91. The molecule has 2 aliphatic rings. The number of carbonyl (C=O) groups excluding carboxylic acids is 3. The number of benzene rings is 3. The van der Waals surface area contributed by atoms with Crippen LogP contribution in [0.25, 0.3) is 11.1 Å². The van der Waals surface area contributed by atoms with E-state index in [1.165, 1.54) is 0 Å². The number of hydrogen-bond donors (Lipinski definition) is 0. The first-order valence-electron chi connectivity index (χ1n) is 16.3. The molecule has 0 saturated heterocycles. The molecule has 1 saturated carbocycles. The molecule has 0 aromatic heterocycles. The van der Waals surface area contributed by atoms with E-state index in [1.54, 1.807) is 43.3 Å². The van der Waals surface area contributed by atoms with Gasteiger partial charge in [0.2, 0.25) is 0 Å². The highest BCUT2D eigenvalue weighted by atomic mass is 16.6. The predicted molar refractivity (Wildman–Crippen MR) is 175 cm³/mol. The zero-order valence-electron chi connectivity index (χ0n) is 26.9. The Morgan fingerprint density at radius 3 is 2.04 bits per heavy atom. The molecule has 0 radical (unpaired) electrons. The average molecular weight is 643 g/mol. The molecule has 9 heteroatoms. The molecule has 0 amide bonds. The number of rotatable bonds is 17. The van der Waals surface area contributed by atoms with E-state index in [-0.39, 0.29) is 18.5 Å². The summed E-state index contributed by atoms with van der Waals surface area (Å²) in [6.07, 6.45) is 7.35. The van der Waals surface area contributed by atoms with Crippen LogP contribution in [0.15, 0.2) is 84.9 Å². The van der Waals surface area contributed by atoms with Crippen LogP contribution in [0, 0.1) is 17.8 Å². The summed E-state index contributed by atoms with van der Waals surface area (Å²) in [4.78, 5) is 37.0. The quantitative estimate of drug-likeness (QED) is 0.0678. The lowest BCUT2D eigenvalue weighted by atomic mass is 9.94. The molecule has 9 nitrogen and oxygen atoms in total. The first kappa shape index (κ1) is 33.7. The number of fused-ring (bicyclic) bond motifs is 2. The highest BCUT2D eigenvalue weighted by Crippen LogP contribution is 2.43. The Kier molecular flexibility index (Phi) is 12.0. The molecule has 0 spiro atoms. The van der Waals surface area contributed by atoms with E-state index in [2.05, 4.69) is 12.2 Å². The van der Waals surface area contributed by atoms with Gasteiger partial charge in [-0.15, -0.1) is 0 Å². The molecule has 2 bridgehead atoms. The fraction of sp³-hybridized carbons (Fsp3) is 0.395. The molecule has 248 valence electrons. The van der Waals surface area contributed by atoms with Crippen molar-refractivity contribution in [1.29, 1.82) is 0 Å². The van der Waals surface area contributed by atoms with Crippen LogP contribution >= 0.6 is 0 Å². The number of unbranched alkanes of at least 4 members (excludes halogenated alkanes) is 1. The van der Waals surface area contributed by atoms with E-state index in [1.807, 2.05) is 43.3 Å². The predicted octanol–water partition coefficient (Wildman–Crippen LogP) is 6.83. The molecule has 1 fully saturated rings. The lowest BCUT2D eigenvalue weighted by molar-refractivity contribution is -0.151. The fourth-order valence-electron chi connectivity index (χ4n) is 5.66. The SMILES string of the molecule is CCCCOC(=O)[C@H](C)Oc1ccc(OC(=O)c2ccc(-c3ccc(OCCOCCOC(=O)C4CC5C=CC4C5)cc3)cc2)cc1. The molecule has 3 aromatic rings. The Balaban J connectivity index is 0.986. The Bertz CT molecular complexity index is 1500. The molecule has 5 rings (SSSR count). The largest absolute Gasteiger partial charge is 0.491 e. The van der Waals surface area contributed by atoms with Gasteiger partial charge < -0.3 is 28.4 Å². The standard InChI is InChI=1S/C38H42O9/c1-3-4-19-44-36(39)26(2)46-33-15-17-34(18-16-33)47-37(40)30-9-7-28(8-10-30)29-11-13-32(14-12-29)43-22-20-42-21-23-45-38(41)35-25-27-5-6-31(35)24-27/h5-18,26-27,31,35H,3-4,19-25H2,1-2H3/t26-,27?,31?,35?/m0/s1. The average Bonchev–Trinajstić information content (AvgIpc) is 3.74. The van der Waals surface area contributed by atoms with Crippen LogP contribution in [-0.4, -0.2) is 57.0 Å². The Labute approximate surface area is 275 Å². The van der Waals surface area contributed by atoms with E-state index in [9.17, 15) is 14.4 Å². The van der Waals surface area contributed by atoms with Crippen molar-refractivity contribution in [2.24, 2.45) is 17.8 Å². The molecular formula is C38H42O9. The van der Waals surface area contributed by atoms with Gasteiger partial charge >= 0.3 is 17.9 Å². The van der Waals surface area contributed by atoms with Crippen LogP contribution in [0.4, 0.5) is 0 Å². The number of allylic oxidation sites excluding steroid dienone is 2. The van der Waals surface area contributed by atoms with Gasteiger partial charge in [0.05, 0.1) is 31.3 Å². The summed E-state index contributed by atoms with van der Waals surface area (Å²) in [6, 6.07) is 21.3. The van der Waals surface area contributed by atoms with Crippen molar-refractivity contribution in [1.82, 2.24) is 0 Å². The molecule has 0 heterocycles. The van der Waals surface area contributed by atoms with Crippen molar-refractivity contribution in [3.63, 3.8) is 0 Å². The van der Waals surface area contributed by atoms with E-state index in [0.717, 1.165) is 36.8 Å². The van der Waals surface area contributed by atoms with Crippen LogP contribution in [0.1, 0.15) is 49.9 Å². The van der Waals surface area contributed by atoms with E-state index >= 15 is 0 Å². The molecule has 0 N–H and O–H groups in total. The van der Waals surface area contributed by atoms with Gasteiger partial charge in [-0.3, -0.25) is 4.79 Å². The molecule has 0 aliphatic heterocycles. The number of carbonyl (C=O) groups is 3. The van der Waals surface area contributed by atoms with Gasteiger partial charge in [0.25, 0.3) is 0 Å². The lowest BCUT2D eigenvalue weighted by Crippen LogP contribution is -2.26. The molecule has 4 atom stereocenters. The monoisotopic (exact) mass is 642 g/mol. The van der Waals surface area contributed by atoms with Crippen LogP contribution in [0.5, 0.6) is 17.2 Å². The summed E-state index contributed by atoms with van der Waals surface area (Å²) >= 11 is 0. The van der Waals surface area contributed by atoms with Crippen LogP contribution in [0.3, 0.4) is 0 Å². The minimum Gasteiger partial charge on any atom is -0.491 e. The van der Waals surface area contributed by atoms with Gasteiger partial charge in [-0.2, -0.15) is 0 Å². The van der Waals surface area contributed by atoms with Gasteiger partial charge in [0, 0.05) is 0 Å². The molecule has 3 aromatic carbocycles. The number of hydrogen-bond acceptors (Lipinski definition) is 9. The van der Waals surface area contributed by atoms with Gasteiger partial charge in [0.15, 0.2) is 6.10 Å². The number of esters is 3. The molecule has 2 aliphatic carbocycles. The zero-order chi connectivity index (χ0) is 33.0. The second kappa shape index (κ2) is 16.8. The minimum atomic E-state index is -0.744. The smallest absolute Gasteiger partial charge is 0.347 e. The van der Waals surface area contributed by atoms with Crippen molar-refractivity contribution < 1.29 is 42.8 Å². The minimum absolute atomic E-state index is 0.00686. The lowest BCUT2D eigenvalue weighted by Gasteiger charge is -2.16. The Morgan fingerprint density at radius 2 is 1.38 bits per heavy atom. The topological polar surface area (TPSA) is 107 Å². The molecule has 47 heavy (non-hydrogen) atoms.